The highest BCUT2D eigenvalue weighted by Gasteiger charge is 2.27. The molecular weight excluding hydrogens is 575 g/mol. The second-order valence-electron chi connectivity index (χ2n) is 10.8. The van der Waals surface area contributed by atoms with Crippen molar-refractivity contribution in [1.82, 2.24) is 0 Å². The average molecular weight is 635 g/mol. The van der Waals surface area contributed by atoms with Crippen molar-refractivity contribution in [1.29, 1.82) is 0 Å². The molecular formula is C32H59O10P. The Bertz CT molecular complexity index is 786. The fourth-order valence-electron chi connectivity index (χ4n) is 4.09. The molecule has 0 radical (unpaired) electrons. The molecule has 0 spiro atoms. The zero-order valence-corrected chi connectivity index (χ0v) is 27.6. The lowest BCUT2D eigenvalue weighted by molar-refractivity contribution is -0.153. The third-order valence-electron chi connectivity index (χ3n) is 6.65. The van der Waals surface area contributed by atoms with Crippen molar-refractivity contribution < 1.29 is 47.8 Å². The van der Waals surface area contributed by atoms with Crippen molar-refractivity contribution in [2.24, 2.45) is 0 Å². The molecule has 3 N–H and O–H groups in total. The van der Waals surface area contributed by atoms with Crippen LogP contribution in [0.25, 0.3) is 0 Å². The van der Waals surface area contributed by atoms with Gasteiger partial charge in [-0.25, -0.2) is 4.57 Å². The highest BCUT2D eigenvalue weighted by atomic mass is 31.2. The Morgan fingerprint density at radius 1 is 0.628 bits per heavy atom. The molecule has 252 valence electrons. The molecule has 0 aliphatic carbocycles. The van der Waals surface area contributed by atoms with Crippen molar-refractivity contribution in [2.45, 2.75) is 142 Å². The predicted octanol–water partition coefficient (Wildman–Crippen LogP) is 7.10. The Morgan fingerprint density at radius 2 is 1.07 bits per heavy atom. The summed E-state index contributed by atoms with van der Waals surface area (Å²) in [6.07, 6.45) is 23.3. The Morgan fingerprint density at radius 3 is 1.53 bits per heavy atom. The first-order valence-electron chi connectivity index (χ1n) is 16.3. The van der Waals surface area contributed by atoms with Gasteiger partial charge in [0.05, 0.1) is 26.4 Å². The maximum atomic E-state index is 12.2. The van der Waals surface area contributed by atoms with Gasteiger partial charge < -0.3 is 24.6 Å². The van der Waals surface area contributed by atoms with Gasteiger partial charge in [-0.05, 0) is 38.5 Å². The van der Waals surface area contributed by atoms with Crippen LogP contribution >= 0.6 is 7.82 Å². The molecule has 0 aliphatic heterocycles. The van der Waals surface area contributed by atoms with Crippen LogP contribution in [0.2, 0.25) is 0 Å². The van der Waals surface area contributed by atoms with Crippen LogP contribution in [0, 0.1) is 0 Å². The lowest BCUT2D eigenvalue weighted by atomic mass is 10.1. The van der Waals surface area contributed by atoms with Crippen molar-refractivity contribution in [2.75, 3.05) is 26.4 Å². The molecule has 0 aromatic carbocycles. The molecule has 3 unspecified atom stereocenters. The smallest absolute Gasteiger partial charge is 0.457 e. The lowest BCUT2D eigenvalue weighted by Gasteiger charge is -2.20. The number of aliphatic hydroxyl groups is 2. The van der Waals surface area contributed by atoms with E-state index < -0.39 is 58.4 Å². The van der Waals surface area contributed by atoms with Crippen molar-refractivity contribution >= 4 is 19.8 Å². The molecule has 0 rings (SSSR count). The van der Waals surface area contributed by atoms with E-state index in [1.807, 2.05) is 0 Å². The second-order valence-corrected chi connectivity index (χ2v) is 12.2. The van der Waals surface area contributed by atoms with Crippen LogP contribution in [-0.4, -0.2) is 65.7 Å². The zero-order valence-electron chi connectivity index (χ0n) is 26.7. The van der Waals surface area contributed by atoms with E-state index in [4.69, 9.17) is 18.5 Å². The molecule has 0 amide bonds. The minimum Gasteiger partial charge on any atom is -0.457 e. The van der Waals surface area contributed by atoms with Crippen LogP contribution in [0.4, 0.5) is 0 Å². The highest BCUT2D eigenvalue weighted by molar-refractivity contribution is 7.47. The van der Waals surface area contributed by atoms with Gasteiger partial charge >= 0.3 is 19.8 Å². The zero-order chi connectivity index (χ0) is 32.0. The van der Waals surface area contributed by atoms with Gasteiger partial charge in [0.1, 0.15) is 12.2 Å². The molecule has 0 saturated heterocycles. The van der Waals surface area contributed by atoms with Gasteiger partial charge in [0.15, 0.2) is 0 Å². The number of hydrogen-bond acceptors (Lipinski definition) is 9. The summed E-state index contributed by atoms with van der Waals surface area (Å²) >= 11 is 0. The molecule has 0 aliphatic rings. The molecule has 11 heteroatoms. The largest absolute Gasteiger partial charge is 0.472 e. The second kappa shape index (κ2) is 29.2. The molecule has 3 atom stereocenters. The summed E-state index contributed by atoms with van der Waals surface area (Å²) in [6, 6.07) is 0. The van der Waals surface area contributed by atoms with E-state index in [0.717, 1.165) is 64.2 Å². The third kappa shape index (κ3) is 27.7. The minimum absolute atomic E-state index is 0.177. The van der Waals surface area contributed by atoms with Gasteiger partial charge in [-0.15, -0.1) is 0 Å². The number of ether oxygens (including phenoxy) is 2. The Kier molecular flexibility index (Phi) is 28.1. The Labute approximate surface area is 259 Å². The number of esters is 2. The topological polar surface area (TPSA) is 149 Å². The van der Waals surface area contributed by atoms with Gasteiger partial charge in [0, 0.05) is 12.8 Å². The van der Waals surface area contributed by atoms with Crippen LogP contribution in [0.3, 0.4) is 0 Å². The quantitative estimate of drug-likeness (QED) is 0.0323. The first-order valence-corrected chi connectivity index (χ1v) is 17.8. The number of unbranched alkanes of at least 4 members (excludes halogenated alkanes) is 12. The first kappa shape index (κ1) is 41.4. The van der Waals surface area contributed by atoms with E-state index >= 15 is 0 Å². The minimum atomic E-state index is -4.62. The number of phosphoric ester groups is 1. The standard InChI is InChI=1S/C32H59O10P/c1-3-5-7-9-11-12-13-14-15-16-18-20-22-24-32(36)42-30(26-34)28-40-43(37,38)39-27-29(25-33)41-31(35)23-21-19-17-10-8-6-4-2/h7,9,12-13,29-30,33-34H,3-6,8,10-11,14-28H2,1-2H3,(H,37,38)/b9-7-,13-12-. The van der Waals surface area contributed by atoms with E-state index in [-0.39, 0.29) is 12.8 Å². The van der Waals surface area contributed by atoms with Gasteiger partial charge in [-0.3, -0.25) is 18.6 Å². The van der Waals surface area contributed by atoms with Crippen LogP contribution in [0.5, 0.6) is 0 Å². The van der Waals surface area contributed by atoms with Crippen LogP contribution in [0.1, 0.15) is 129 Å². The van der Waals surface area contributed by atoms with Crippen molar-refractivity contribution in [3.63, 3.8) is 0 Å². The molecule has 0 saturated carbocycles. The summed E-state index contributed by atoms with van der Waals surface area (Å²) in [6.45, 7) is 2.03. The first-order chi connectivity index (χ1) is 20.8. The molecule has 0 fully saturated rings. The van der Waals surface area contributed by atoms with Crippen molar-refractivity contribution in [3.05, 3.63) is 24.3 Å². The Balaban J connectivity index is 4.07. The van der Waals surface area contributed by atoms with E-state index in [9.17, 15) is 29.3 Å². The molecule has 0 aromatic heterocycles. The predicted molar refractivity (Wildman–Crippen MR) is 168 cm³/mol. The van der Waals surface area contributed by atoms with E-state index in [1.165, 1.54) is 25.7 Å². The number of carbonyl (C=O) groups is 2. The molecule has 0 heterocycles. The van der Waals surface area contributed by atoms with E-state index in [0.29, 0.717) is 12.8 Å². The molecule has 0 bridgehead atoms. The van der Waals surface area contributed by atoms with Crippen LogP contribution in [-0.2, 0) is 32.7 Å². The summed E-state index contributed by atoms with van der Waals surface area (Å²) in [5, 5.41) is 18.9. The average Bonchev–Trinajstić information content (AvgIpc) is 2.99. The van der Waals surface area contributed by atoms with Gasteiger partial charge in [-0.2, -0.15) is 0 Å². The summed E-state index contributed by atoms with van der Waals surface area (Å²) in [5.41, 5.74) is 0. The summed E-state index contributed by atoms with van der Waals surface area (Å²) in [4.78, 5) is 34.0. The number of aliphatic hydroxyl groups excluding tert-OH is 2. The SMILES string of the molecule is CCC/C=C\C/C=C\CCCCCCCC(=O)OC(CO)COP(=O)(O)OCC(CO)OC(=O)CCCCCCCCC. The fraction of sp³-hybridized carbons (Fsp3) is 0.812. The highest BCUT2D eigenvalue weighted by Crippen LogP contribution is 2.43. The van der Waals surface area contributed by atoms with E-state index in [1.54, 1.807) is 0 Å². The van der Waals surface area contributed by atoms with Crippen molar-refractivity contribution in [3.8, 4) is 0 Å². The summed E-state index contributed by atoms with van der Waals surface area (Å²) in [7, 11) is -4.62. The summed E-state index contributed by atoms with van der Waals surface area (Å²) < 4.78 is 32.2. The number of phosphoric acid groups is 1. The fourth-order valence-corrected chi connectivity index (χ4v) is 4.88. The molecule has 10 nitrogen and oxygen atoms in total. The van der Waals surface area contributed by atoms with Crippen LogP contribution in [0.15, 0.2) is 24.3 Å². The number of rotatable bonds is 30. The third-order valence-corrected chi connectivity index (χ3v) is 7.60. The monoisotopic (exact) mass is 634 g/mol. The number of allylic oxidation sites excluding steroid dienone is 4. The Hall–Kier alpha value is -1.55. The van der Waals surface area contributed by atoms with Gasteiger partial charge in [0.2, 0.25) is 0 Å². The van der Waals surface area contributed by atoms with Gasteiger partial charge in [0.25, 0.3) is 0 Å². The maximum Gasteiger partial charge on any atom is 0.472 e. The number of carbonyl (C=O) groups excluding carboxylic acids is 2. The normalized spacial score (nSPS) is 14.6. The molecule has 43 heavy (non-hydrogen) atoms. The lowest BCUT2D eigenvalue weighted by Crippen LogP contribution is -2.28. The molecule has 0 aromatic rings. The number of hydrogen-bond donors (Lipinski definition) is 3. The van der Waals surface area contributed by atoms with Crippen LogP contribution < -0.4 is 0 Å². The summed E-state index contributed by atoms with van der Waals surface area (Å²) in [5.74, 6) is -1.04. The van der Waals surface area contributed by atoms with E-state index in [2.05, 4.69) is 38.2 Å². The maximum absolute atomic E-state index is 12.2. The van der Waals surface area contributed by atoms with Gasteiger partial charge in [-0.1, -0.05) is 102 Å².